The fourth-order valence-electron chi connectivity index (χ4n) is 3.20. The highest BCUT2D eigenvalue weighted by molar-refractivity contribution is 14.0. The number of aromatic nitrogens is 1. The lowest BCUT2D eigenvalue weighted by Gasteiger charge is -2.33. The summed E-state index contributed by atoms with van der Waals surface area (Å²) in [7, 11) is 1.86. The van der Waals surface area contributed by atoms with Crippen LogP contribution >= 0.6 is 24.0 Å². The Kier molecular flexibility index (Phi) is 6.62. The van der Waals surface area contributed by atoms with Gasteiger partial charge in [-0.25, -0.2) is 0 Å². The molecule has 0 amide bonds. The average Bonchev–Trinajstić information content (AvgIpc) is 2.56. The van der Waals surface area contributed by atoms with E-state index in [1.165, 1.54) is 23.8 Å². The van der Waals surface area contributed by atoms with Crippen LogP contribution in [0.2, 0.25) is 0 Å². The number of nitrogens with zero attached hydrogens (tertiary/aromatic N) is 3. The van der Waals surface area contributed by atoms with E-state index in [9.17, 15) is 0 Å². The molecule has 1 aromatic heterocycles. The number of pyridine rings is 1. The monoisotopic (exact) mass is 424 g/mol. The normalized spacial score (nSPS) is 18.6. The van der Waals surface area contributed by atoms with E-state index in [2.05, 4.69) is 51.4 Å². The third-order valence-corrected chi connectivity index (χ3v) is 4.32. The van der Waals surface area contributed by atoms with E-state index in [0.29, 0.717) is 0 Å². The summed E-state index contributed by atoms with van der Waals surface area (Å²) in [5.41, 5.74) is 2.28. The Labute approximate surface area is 155 Å². The summed E-state index contributed by atoms with van der Waals surface area (Å²) in [4.78, 5) is 11.3. The highest BCUT2D eigenvalue weighted by Crippen LogP contribution is 2.17. The van der Waals surface area contributed by atoms with Crippen molar-refractivity contribution >= 4 is 40.8 Å². The Bertz CT molecular complexity index is 666. The van der Waals surface area contributed by atoms with Crippen LogP contribution in [-0.4, -0.2) is 36.0 Å². The summed E-state index contributed by atoms with van der Waals surface area (Å²) >= 11 is 0. The van der Waals surface area contributed by atoms with Crippen LogP contribution in [0.1, 0.15) is 25.3 Å². The number of rotatable bonds is 2. The number of para-hydroxylation sites is 1. The van der Waals surface area contributed by atoms with Crippen molar-refractivity contribution in [2.45, 2.75) is 26.3 Å². The summed E-state index contributed by atoms with van der Waals surface area (Å²) in [6.07, 6.45) is 4.42. The largest absolute Gasteiger partial charge is 0.352 e. The molecule has 1 saturated heterocycles. The van der Waals surface area contributed by atoms with Gasteiger partial charge in [0.25, 0.3) is 0 Å². The number of halogens is 1. The Morgan fingerprint density at radius 2 is 2.17 bits per heavy atom. The molecule has 5 heteroatoms. The second kappa shape index (κ2) is 8.47. The quantitative estimate of drug-likeness (QED) is 0.455. The van der Waals surface area contributed by atoms with Crippen molar-refractivity contribution < 1.29 is 0 Å². The number of likely N-dealkylation sites (tertiary alicyclic amines) is 1. The second-order valence-electron chi connectivity index (χ2n) is 6.09. The Balaban J connectivity index is 0.00000192. The van der Waals surface area contributed by atoms with Gasteiger partial charge >= 0.3 is 0 Å². The molecule has 2 heterocycles. The minimum atomic E-state index is 0. The lowest BCUT2D eigenvalue weighted by atomic mass is 10.0. The number of hydrogen-bond donors (Lipinski definition) is 1. The molecule has 2 aromatic rings. The molecule has 4 nitrogen and oxygen atoms in total. The molecule has 1 fully saturated rings. The molecule has 3 rings (SSSR count). The maximum Gasteiger partial charge on any atom is 0.193 e. The van der Waals surface area contributed by atoms with Gasteiger partial charge in [-0.3, -0.25) is 9.98 Å². The van der Waals surface area contributed by atoms with Gasteiger partial charge in [0.2, 0.25) is 0 Å². The maximum atomic E-state index is 4.52. The Morgan fingerprint density at radius 3 is 2.96 bits per heavy atom. The molecular formula is C18H25IN4. The molecule has 1 unspecified atom stereocenters. The van der Waals surface area contributed by atoms with E-state index in [4.69, 9.17) is 0 Å². The molecule has 0 radical (unpaired) electrons. The minimum Gasteiger partial charge on any atom is -0.352 e. The van der Waals surface area contributed by atoms with E-state index in [-0.39, 0.29) is 24.0 Å². The van der Waals surface area contributed by atoms with Crippen molar-refractivity contribution in [1.29, 1.82) is 0 Å². The van der Waals surface area contributed by atoms with Crippen molar-refractivity contribution in [2.75, 3.05) is 20.1 Å². The molecule has 0 saturated carbocycles. The minimum absolute atomic E-state index is 0. The fourth-order valence-corrected chi connectivity index (χ4v) is 3.20. The van der Waals surface area contributed by atoms with Crippen molar-refractivity contribution in [3.8, 4) is 0 Å². The first-order valence-corrected chi connectivity index (χ1v) is 8.06. The molecule has 0 spiro atoms. The highest BCUT2D eigenvalue weighted by atomic mass is 127. The molecule has 1 aliphatic heterocycles. The van der Waals surface area contributed by atoms with Gasteiger partial charge in [0.05, 0.1) is 5.52 Å². The number of nitrogens with one attached hydrogen (secondary N) is 1. The first-order valence-electron chi connectivity index (χ1n) is 8.06. The standard InChI is InChI=1S/C18H24N4.HI/c1-14-6-5-11-22(13-14)18(19-2)21-12-16-8-3-7-15-9-4-10-20-17(15)16;/h3-4,7-10,14H,5-6,11-13H2,1-2H3,(H,19,21);1H. The van der Waals surface area contributed by atoms with E-state index in [1.807, 2.05) is 19.3 Å². The highest BCUT2D eigenvalue weighted by Gasteiger charge is 2.19. The summed E-state index contributed by atoms with van der Waals surface area (Å²) in [6.45, 7) is 5.26. The zero-order chi connectivity index (χ0) is 15.4. The van der Waals surface area contributed by atoms with Gasteiger partial charge in [-0.2, -0.15) is 0 Å². The third kappa shape index (κ3) is 4.34. The molecule has 1 aliphatic rings. The van der Waals surface area contributed by atoms with Crippen LogP contribution in [0.25, 0.3) is 10.9 Å². The van der Waals surface area contributed by atoms with Gasteiger partial charge in [-0.15, -0.1) is 24.0 Å². The number of benzene rings is 1. The maximum absolute atomic E-state index is 4.52. The summed E-state index contributed by atoms with van der Waals surface area (Å²) in [6, 6.07) is 10.4. The number of aliphatic imine (C=N–C) groups is 1. The Hall–Kier alpha value is -1.37. The van der Waals surface area contributed by atoms with Crippen LogP contribution in [0.15, 0.2) is 41.5 Å². The van der Waals surface area contributed by atoms with E-state index >= 15 is 0 Å². The average molecular weight is 424 g/mol. The molecule has 0 aliphatic carbocycles. The van der Waals surface area contributed by atoms with Crippen LogP contribution in [-0.2, 0) is 6.54 Å². The fraction of sp³-hybridized carbons (Fsp3) is 0.444. The summed E-state index contributed by atoms with van der Waals surface area (Å²) in [5.74, 6) is 1.74. The lowest BCUT2D eigenvalue weighted by molar-refractivity contribution is 0.266. The lowest BCUT2D eigenvalue weighted by Crippen LogP contribution is -2.45. The van der Waals surface area contributed by atoms with Crippen molar-refractivity contribution in [2.24, 2.45) is 10.9 Å². The van der Waals surface area contributed by atoms with E-state index in [1.54, 1.807) is 0 Å². The first-order chi connectivity index (χ1) is 10.8. The molecule has 124 valence electrons. The number of fused-ring (bicyclic) bond motifs is 1. The van der Waals surface area contributed by atoms with Crippen LogP contribution in [0.5, 0.6) is 0 Å². The molecule has 1 atom stereocenters. The zero-order valence-corrected chi connectivity index (χ0v) is 16.2. The van der Waals surface area contributed by atoms with Crippen LogP contribution < -0.4 is 5.32 Å². The predicted octanol–water partition coefficient (Wildman–Crippen LogP) is 3.66. The SMILES string of the molecule is CN=C(NCc1cccc2cccnc12)N1CCCC(C)C1.I. The number of piperidine rings is 1. The van der Waals surface area contributed by atoms with Crippen molar-refractivity contribution in [3.05, 3.63) is 42.1 Å². The summed E-state index contributed by atoms with van der Waals surface area (Å²) < 4.78 is 0. The Morgan fingerprint density at radius 1 is 1.35 bits per heavy atom. The molecule has 1 aromatic carbocycles. The van der Waals surface area contributed by atoms with Gasteiger partial charge in [-0.1, -0.05) is 31.2 Å². The summed E-state index contributed by atoms with van der Waals surface area (Å²) in [5, 5.41) is 4.69. The van der Waals surface area contributed by atoms with E-state index in [0.717, 1.165) is 37.0 Å². The van der Waals surface area contributed by atoms with Gasteiger partial charge in [0, 0.05) is 38.3 Å². The van der Waals surface area contributed by atoms with Crippen molar-refractivity contribution in [3.63, 3.8) is 0 Å². The van der Waals surface area contributed by atoms with Crippen LogP contribution in [0, 0.1) is 5.92 Å². The molecule has 0 bridgehead atoms. The number of hydrogen-bond acceptors (Lipinski definition) is 2. The van der Waals surface area contributed by atoms with Crippen molar-refractivity contribution in [1.82, 2.24) is 15.2 Å². The molecule has 1 N–H and O–H groups in total. The van der Waals surface area contributed by atoms with Gasteiger partial charge in [0.1, 0.15) is 0 Å². The molecular weight excluding hydrogens is 399 g/mol. The zero-order valence-electron chi connectivity index (χ0n) is 13.8. The smallest absolute Gasteiger partial charge is 0.193 e. The number of guanidine groups is 1. The van der Waals surface area contributed by atoms with Crippen LogP contribution in [0.3, 0.4) is 0 Å². The van der Waals surface area contributed by atoms with E-state index < -0.39 is 0 Å². The third-order valence-electron chi connectivity index (χ3n) is 4.32. The molecule has 23 heavy (non-hydrogen) atoms. The van der Waals surface area contributed by atoms with Gasteiger partial charge in [-0.05, 0) is 30.4 Å². The predicted molar refractivity (Wildman–Crippen MR) is 107 cm³/mol. The van der Waals surface area contributed by atoms with Gasteiger partial charge in [0.15, 0.2) is 5.96 Å². The van der Waals surface area contributed by atoms with Crippen LogP contribution in [0.4, 0.5) is 0 Å². The first kappa shape index (κ1) is 18.0. The topological polar surface area (TPSA) is 40.5 Å². The second-order valence-corrected chi connectivity index (χ2v) is 6.09. The van der Waals surface area contributed by atoms with Gasteiger partial charge < -0.3 is 10.2 Å².